The van der Waals surface area contributed by atoms with Crippen LogP contribution < -0.4 is 10.1 Å². The van der Waals surface area contributed by atoms with Crippen molar-refractivity contribution in [3.05, 3.63) is 24.3 Å². The summed E-state index contributed by atoms with van der Waals surface area (Å²) >= 11 is 0. The van der Waals surface area contributed by atoms with Crippen LogP contribution in [0.15, 0.2) is 29.2 Å². The zero-order chi connectivity index (χ0) is 12.9. The Balaban J connectivity index is 2.66. The SMILES string of the molecule is CCCNC(=O)Oc1ccc(S(C)(=O)=O)cc1. The highest BCUT2D eigenvalue weighted by molar-refractivity contribution is 7.90. The van der Waals surface area contributed by atoms with E-state index in [4.69, 9.17) is 4.74 Å². The molecule has 0 aliphatic carbocycles. The molecule has 5 nitrogen and oxygen atoms in total. The summed E-state index contributed by atoms with van der Waals surface area (Å²) in [5.74, 6) is 0.311. The average molecular weight is 257 g/mol. The highest BCUT2D eigenvalue weighted by Crippen LogP contribution is 2.15. The van der Waals surface area contributed by atoms with Crippen LogP contribution in [0.2, 0.25) is 0 Å². The maximum Gasteiger partial charge on any atom is 0.412 e. The van der Waals surface area contributed by atoms with Gasteiger partial charge in [0.05, 0.1) is 4.90 Å². The van der Waals surface area contributed by atoms with Crippen LogP contribution in [0.25, 0.3) is 0 Å². The van der Waals surface area contributed by atoms with Gasteiger partial charge in [-0.15, -0.1) is 0 Å². The van der Waals surface area contributed by atoms with Gasteiger partial charge in [-0.2, -0.15) is 0 Å². The Morgan fingerprint density at radius 1 is 1.29 bits per heavy atom. The van der Waals surface area contributed by atoms with Crippen LogP contribution in [-0.2, 0) is 9.84 Å². The Morgan fingerprint density at radius 2 is 1.88 bits per heavy atom. The molecule has 0 saturated heterocycles. The van der Waals surface area contributed by atoms with Crippen molar-refractivity contribution in [3.8, 4) is 5.75 Å². The van der Waals surface area contributed by atoms with E-state index >= 15 is 0 Å². The molecule has 0 aliphatic rings. The Bertz CT molecular complexity index is 479. The summed E-state index contributed by atoms with van der Waals surface area (Å²) in [4.78, 5) is 11.4. The summed E-state index contributed by atoms with van der Waals surface area (Å²) in [6.07, 6.45) is 1.40. The van der Waals surface area contributed by atoms with E-state index in [2.05, 4.69) is 5.32 Å². The fraction of sp³-hybridized carbons (Fsp3) is 0.364. The topological polar surface area (TPSA) is 72.5 Å². The average Bonchev–Trinajstić information content (AvgIpc) is 2.26. The molecule has 1 aromatic rings. The smallest absolute Gasteiger partial charge is 0.410 e. The monoisotopic (exact) mass is 257 g/mol. The maximum absolute atomic E-state index is 11.2. The molecule has 0 unspecified atom stereocenters. The largest absolute Gasteiger partial charge is 0.412 e. The van der Waals surface area contributed by atoms with E-state index in [9.17, 15) is 13.2 Å². The zero-order valence-electron chi connectivity index (χ0n) is 9.76. The highest BCUT2D eigenvalue weighted by atomic mass is 32.2. The molecular weight excluding hydrogens is 242 g/mol. The number of benzene rings is 1. The lowest BCUT2D eigenvalue weighted by Crippen LogP contribution is -2.27. The van der Waals surface area contributed by atoms with Crippen molar-refractivity contribution in [2.24, 2.45) is 0 Å². The molecule has 1 N–H and O–H groups in total. The summed E-state index contributed by atoms with van der Waals surface area (Å²) < 4.78 is 27.3. The molecule has 0 fully saturated rings. The van der Waals surface area contributed by atoms with Gasteiger partial charge in [-0.3, -0.25) is 0 Å². The molecule has 0 atom stereocenters. The Hall–Kier alpha value is -1.56. The number of ether oxygens (including phenoxy) is 1. The van der Waals surface area contributed by atoms with Gasteiger partial charge in [-0.1, -0.05) is 6.92 Å². The second-order valence-corrected chi connectivity index (χ2v) is 5.58. The molecule has 94 valence electrons. The molecular formula is C11H15NO4S. The maximum atomic E-state index is 11.2. The molecule has 0 radical (unpaired) electrons. The quantitative estimate of drug-likeness (QED) is 0.889. The highest BCUT2D eigenvalue weighted by Gasteiger charge is 2.08. The first-order chi connectivity index (χ1) is 7.93. The van der Waals surface area contributed by atoms with Gasteiger partial charge in [0.2, 0.25) is 0 Å². The van der Waals surface area contributed by atoms with E-state index in [1.165, 1.54) is 24.3 Å². The number of rotatable bonds is 4. The Labute approximate surface area is 101 Å². The third-order valence-corrected chi connectivity index (χ3v) is 3.11. The van der Waals surface area contributed by atoms with E-state index in [-0.39, 0.29) is 4.90 Å². The first kappa shape index (κ1) is 13.5. The van der Waals surface area contributed by atoms with Gasteiger partial charge in [0.25, 0.3) is 0 Å². The van der Waals surface area contributed by atoms with Crippen LogP contribution in [0.4, 0.5) is 4.79 Å². The molecule has 0 bridgehead atoms. The standard InChI is InChI=1S/C11H15NO4S/c1-3-8-12-11(13)16-9-4-6-10(7-5-9)17(2,14)15/h4-7H,3,8H2,1-2H3,(H,12,13). The summed E-state index contributed by atoms with van der Waals surface area (Å²) in [6.45, 7) is 2.47. The van der Waals surface area contributed by atoms with Gasteiger partial charge in [-0.25, -0.2) is 13.2 Å². The molecule has 0 spiro atoms. The predicted molar refractivity (Wildman–Crippen MR) is 63.9 cm³/mol. The number of carbonyl (C=O) groups is 1. The molecule has 0 aromatic heterocycles. The van der Waals surface area contributed by atoms with Gasteiger partial charge in [0, 0.05) is 12.8 Å². The van der Waals surface area contributed by atoms with Crippen LogP contribution in [0.5, 0.6) is 5.75 Å². The normalized spacial score (nSPS) is 10.9. The second-order valence-electron chi connectivity index (χ2n) is 3.56. The molecule has 1 amide bonds. The minimum Gasteiger partial charge on any atom is -0.410 e. The van der Waals surface area contributed by atoms with Crippen molar-refractivity contribution in [1.82, 2.24) is 5.32 Å². The first-order valence-electron chi connectivity index (χ1n) is 5.19. The number of amides is 1. The Morgan fingerprint density at radius 3 is 2.35 bits per heavy atom. The lowest BCUT2D eigenvalue weighted by Gasteiger charge is -2.05. The number of nitrogens with one attached hydrogen (secondary N) is 1. The first-order valence-corrected chi connectivity index (χ1v) is 7.08. The predicted octanol–water partition coefficient (Wildman–Crippen LogP) is 1.59. The van der Waals surface area contributed by atoms with Crippen molar-refractivity contribution < 1.29 is 17.9 Å². The third kappa shape index (κ3) is 4.44. The van der Waals surface area contributed by atoms with Crippen LogP contribution in [0, 0.1) is 0 Å². The number of sulfone groups is 1. The fourth-order valence-corrected chi connectivity index (χ4v) is 1.76. The van der Waals surface area contributed by atoms with Gasteiger partial charge in [-0.05, 0) is 30.7 Å². The lowest BCUT2D eigenvalue weighted by molar-refractivity contribution is 0.200. The number of hydrogen-bond acceptors (Lipinski definition) is 4. The van der Waals surface area contributed by atoms with Gasteiger partial charge < -0.3 is 10.1 Å². The summed E-state index contributed by atoms with van der Waals surface area (Å²) in [5, 5.41) is 2.55. The molecule has 0 heterocycles. The van der Waals surface area contributed by atoms with Crippen LogP contribution in [-0.4, -0.2) is 27.3 Å². The van der Waals surface area contributed by atoms with Crippen molar-refractivity contribution in [3.63, 3.8) is 0 Å². The van der Waals surface area contributed by atoms with Gasteiger partial charge in [0.1, 0.15) is 5.75 Å². The van der Waals surface area contributed by atoms with Crippen molar-refractivity contribution >= 4 is 15.9 Å². The van der Waals surface area contributed by atoms with E-state index in [0.29, 0.717) is 12.3 Å². The molecule has 1 rings (SSSR count). The summed E-state index contributed by atoms with van der Waals surface area (Å²) in [6, 6.07) is 5.69. The molecule has 17 heavy (non-hydrogen) atoms. The molecule has 1 aromatic carbocycles. The van der Waals surface area contributed by atoms with Crippen LogP contribution in [0.3, 0.4) is 0 Å². The minimum atomic E-state index is -3.22. The van der Waals surface area contributed by atoms with E-state index < -0.39 is 15.9 Å². The second kappa shape index (κ2) is 5.67. The van der Waals surface area contributed by atoms with E-state index in [1.54, 1.807) is 0 Å². The van der Waals surface area contributed by atoms with Crippen molar-refractivity contribution in [2.45, 2.75) is 18.2 Å². The van der Waals surface area contributed by atoms with Gasteiger partial charge >= 0.3 is 6.09 Å². The number of carbonyl (C=O) groups excluding carboxylic acids is 1. The van der Waals surface area contributed by atoms with E-state index in [1.807, 2.05) is 6.92 Å². The van der Waals surface area contributed by atoms with Gasteiger partial charge in [0.15, 0.2) is 9.84 Å². The zero-order valence-corrected chi connectivity index (χ0v) is 10.6. The van der Waals surface area contributed by atoms with Crippen LogP contribution in [0.1, 0.15) is 13.3 Å². The summed E-state index contributed by atoms with van der Waals surface area (Å²) in [7, 11) is -3.22. The van der Waals surface area contributed by atoms with Crippen molar-refractivity contribution in [1.29, 1.82) is 0 Å². The molecule has 6 heteroatoms. The summed E-state index contributed by atoms with van der Waals surface area (Å²) in [5.41, 5.74) is 0. The Kier molecular flexibility index (Phi) is 4.51. The molecule has 0 saturated carbocycles. The molecule has 0 aliphatic heterocycles. The minimum absolute atomic E-state index is 0.193. The van der Waals surface area contributed by atoms with Crippen molar-refractivity contribution in [2.75, 3.05) is 12.8 Å². The fourth-order valence-electron chi connectivity index (χ4n) is 1.13. The number of hydrogen-bond donors (Lipinski definition) is 1. The third-order valence-electron chi connectivity index (χ3n) is 1.98. The van der Waals surface area contributed by atoms with Crippen LogP contribution >= 0.6 is 0 Å². The lowest BCUT2D eigenvalue weighted by atomic mass is 10.3. The van der Waals surface area contributed by atoms with E-state index in [0.717, 1.165) is 12.7 Å².